The molecule has 6 heteroatoms. The van der Waals surface area contributed by atoms with Crippen molar-refractivity contribution in [1.82, 2.24) is 0 Å². The number of rotatable bonds is 7. The van der Waals surface area contributed by atoms with Gasteiger partial charge in [0.05, 0.1) is 5.69 Å². The molecule has 3 aromatic rings. The number of ether oxygens (including phenoxy) is 1. The van der Waals surface area contributed by atoms with Crippen molar-refractivity contribution in [2.75, 3.05) is 11.9 Å². The normalized spacial score (nSPS) is 11.7. The van der Waals surface area contributed by atoms with Gasteiger partial charge in [0.2, 0.25) is 0 Å². The highest BCUT2D eigenvalue weighted by Crippen LogP contribution is 2.28. The number of amides is 1. The number of hydrogen-bond donors (Lipinski definition) is 2. The Kier molecular flexibility index (Phi) is 6.34. The zero-order valence-electron chi connectivity index (χ0n) is 15.4. The third-order valence-electron chi connectivity index (χ3n) is 4.24. The van der Waals surface area contributed by atoms with Gasteiger partial charge in [0, 0.05) is 11.6 Å². The third-order valence-corrected chi connectivity index (χ3v) is 4.24. The Morgan fingerprint density at radius 3 is 2.50 bits per heavy atom. The van der Waals surface area contributed by atoms with Gasteiger partial charge in [0.15, 0.2) is 12.3 Å². The smallest absolute Gasteiger partial charge is 0.279 e. The lowest BCUT2D eigenvalue weighted by Crippen LogP contribution is -2.86. The summed E-state index contributed by atoms with van der Waals surface area (Å²) in [6, 6.07) is 19.5. The first kappa shape index (κ1) is 19.5. The van der Waals surface area contributed by atoms with Crippen LogP contribution < -0.4 is 15.4 Å². The molecule has 0 aliphatic carbocycles. The minimum Gasteiger partial charge on any atom is -0.455 e. The van der Waals surface area contributed by atoms with E-state index < -0.39 is 11.6 Å². The van der Waals surface area contributed by atoms with E-state index in [-0.39, 0.29) is 18.5 Å². The fraction of sp³-hybridized carbons (Fsp3) is 0.136. The summed E-state index contributed by atoms with van der Waals surface area (Å²) >= 11 is 0. The van der Waals surface area contributed by atoms with Crippen molar-refractivity contribution in [1.29, 1.82) is 0 Å². The van der Waals surface area contributed by atoms with Gasteiger partial charge < -0.3 is 15.4 Å². The van der Waals surface area contributed by atoms with Crippen LogP contribution in [0.5, 0.6) is 11.5 Å². The van der Waals surface area contributed by atoms with E-state index in [1.54, 1.807) is 30.4 Å². The Balaban J connectivity index is 1.60. The van der Waals surface area contributed by atoms with E-state index in [1.165, 1.54) is 12.1 Å². The number of hydrogen-bond acceptors (Lipinski definition) is 2. The molecule has 0 spiro atoms. The number of quaternary nitrogens is 1. The van der Waals surface area contributed by atoms with E-state index >= 15 is 0 Å². The first-order valence-electron chi connectivity index (χ1n) is 8.93. The summed E-state index contributed by atoms with van der Waals surface area (Å²) in [5, 5.41) is 4.50. The highest BCUT2D eigenvalue weighted by atomic mass is 19.1. The molecule has 4 nitrogen and oxygen atoms in total. The summed E-state index contributed by atoms with van der Waals surface area (Å²) in [7, 11) is 0. The zero-order valence-corrected chi connectivity index (χ0v) is 15.4. The fourth-order valence-electron chi connectivity index (χ4n) is 2.76. The van der Waals surface area contributed by atoms with Gasteiger partial charge in [-0.25, -0.2) is 8.78 Å². The molecule has 0 aliphatic heterocycles. The van der Waals surface area contributed by atoms with Crippen LogP contribution in [0.4, 0.5) is 14.5 Å². The Morgan fingerprint density at radius 2 is 1.75 bits per heavy atom. The lowest BCUT2D eigenvalue weighted by atomic mass is 10.1. The lowest BCUT2D eigenvalue weighted by Gasteiger charge is -2.14. The van der Waals surface area contributed by atoms with Crippen molar-refractivity contribution < 1.29 is 23.6 Å². The van der Waals surface area contributed by atoms with Crippen molar-refractivity contribution >= 4 is 11.6 Å². The second-order valence-corrected chi connectivity index (χ2v) is 6.35. The van der Waals surface area contributed by atoms with Crippen LogP contribution in [0.25, 0.3) is 0 Å². The molecule has 1 amide bonds. The summed E-state index contributed by atoms with van der Waals surface area (Å²) in [5.74, 6) is -0.304. The molecule has 0 fully saturated rings. The minimum atomic E-state index is -0.624. The Hall–Kier alpha value is -3.25. The third kappa shape index (κ3) is 5.14. The van der Waals surface area contributed by atoms with E-state index in [4.69, 9.17) is 4.74 Å². The highest BCUT2D eigenvalue weighted by molar-refractivity contribution is 5.92. The first-order valence-corrected chi connectivity index (χ1v) is 8.93. The average Bonchev–Trinajstić information content (AvgIpc) is 2.68. The van der Waals surface area contributed by atoms with Gasteiger partial charge in [-0.15, -0.1) is 0 Å². The molecule has 3 aromatic carbocycles. The molecule has 0 aromatic heterocycles. The summed E-state index contributed by atoms with van der Waals surface area (Å²) in [6.45, 7) is 1.84. The second kappa shape index (κ2) is 9.10. The van der Waals surface area contributed by atoms with Gasteiger partial charge in [-0.2, -0.15) is 0 Å². The molecule has 3 rings (SSSR count). The minimum absolute atomic E-state index is 0.0810. The summed E-state index contributed by atoms with van der Waals surface area (Å²) in [6.07, 6.45) is 0. The number of halogens is 2. The molecular formula is C22H21F2N2O2+. The van der Waals surface area contributed by atoms with E-state index in [0.717, 1.165) is 6.07 Å². The number of nitrogens with one attached hydrogen (secondary N) is 1. The van der Waals surface area contributed by atoms with Crippen molar-refractivity contribution in [3.8, 4) is 11.5 Å². The molecule has 1 atom stereocenters. The Morgan fingerprint density at radius 1 is 1.04 bits per heavy atom. The number of nitrogens with two attached hydrogens (primary N) is 1. The van der Waals surface area contributed by atoms with Gasteiger partial charge in [-0.05, 0) is 43.3 Å². The molecule has 0 saturated carbocycles. The number of carbonyl (C=O) groups is 1. The van der Waals surface area contributed by atoms with Crippen LogP contribution in [0.1, 0.15) is 18.5 Å². The maximum Gasteiger partial charge on any atom is 0.279 e. The van der Waals surface area contributed by atoms with Crippen LogP contribution in [-0.2, 0) is 4.79 Å². The van der Waals surface area contributed by atoms with Crippen LogP contribution in [0.15, 0.2) is 72.8 Å². The molecule has 0 radical (unpaired) electrons. The predicted molar refractivity (Wildman–Crippen MR) is 103 cm³/mol. The van der Waals surface area contributed by atoms with Crippen molar-refractivity contribution in [2.24, 2.45) is 0 Å². The van der Waals surface area contributed by atoms with E-state index in [9.17, 15) is 13.6 Å². The standard InChI is InChI=1S/C22H20F2N2O2/c1-15(18-12-11-16(23)13-19(18)24)25-14-22(27)26-20-9-5-6-10-21(20)28-17-7-3-2-4-8-17/h2-13,15,25H,14H2,1H3,(H,26,27)/p+1/t15-/m1/s1. The summed E-state index contributed by atoms with van der Waals surface area (Å²) in [4.78, 5) is 12.3. The molecular weight excluding hydrogens is 362 g/mol. The number of para-hydroxylation sites is 3. The van der Waals surface area contributed by atoms with E-state index in [1.807, 2.05) is 36.4 Å². The molecule has 0 aliphatic rings. The van der Waals surface area contributed by atoms with Crippen molar-refractivity contribution in [2.45, 2.75) is 13.0 Å². The van der Waals surface area contributed by atoms with Gasteiger partial charge in [-0.3, -0.25) is 4.79 Å². The predicted octanol–water partition coefficient (Wildman–Crippen LogP) is 4.02. The van der Waals surface area contributed by atoms with Crippen LogP contribution in [0.2, 0.25) is 0 Å². The first-order chi connectivity index (χ1) is 13.5. The summed E-state index contributed by atoms with van der Waals surface area (Å²) < 4.78 is 32.7. The topological polar surface area (TPSA) is 54.9 Å². The molecule has 0 bridgehead atoms. The largest absolute Gasteiger partial charge is 0.455 e. The quantitative estimate of drug-likeness (QED) is 0.648. The van der Waals surface area contributed by atoms with Gasteiger partial charge in [0.1, 0.15) is 23.4 Å². The van der Waals surface area contributed by atoms with E-state index in [2.05, 4.69) is 5.32 Å². The van der Waals surface area contributed by atoms with Gasteiger partial charge >= 0.3 is 0 Å². The number of carbonyl (C=O) groups excluding carboxylic acids is 1. The van der Waals surface area contributed by atoms with Gasteiger partial charge in [-0.1, -0.05) is 30.3 Å². The van der Waals surface area contributed by atoms with Gasteiger partial charge in [0.25, 0.3) is 5.91 Å². The zero-order chi connectivity index (χ0) is 19.9. The van der Waals surface area contributed by atoms with Crippen molar-refractivity contribution in [3.05, 3.63) is 90.0 Å². The molecule has 28 heavy (non-hydrogen) atoms. The highest BCUT2D eigenvalue weighted by Gasteiger charge is 2.17. The van der Waals surface area contributed by atoms with Crippen LogP contribution in [-0.4, -0.2) is 12.5 Å². The Bertz CT molecular complexity index is 948. The van der Waals surface area contributed by atoms with Crippen LogP contribution in [0.3, 0.4) is 0 Å². The second-order valence-electron chi connectivity index (χ2n) is 6.35. The lowest BCUT2D eigenvalue weighted by molar-refractivity contribution is -0.682. The monoisotopic (exact) mass is 383 g/mol. The maximum atomic E-state index is 13.9. The maximum absolute atomic E-state index is 13.9. The number of anilines is 1. The summed E-state index contributed by atoms with van der Waals surface area (Å²) in [5.41, 5.74) is 0.896. The number of benzene rings is 3. The molecule has 3 N–H and O–H groups in total. The SMILES string of the molecule is C[C@@H]([NH2+]CC(=O)Nc1ccccc1Oc1ccccc1)c1ccc(F)cc1F. The molecule has 0 heterocycles. The molecule has 144 valence electrons. The van der Waals surface area contributed by atoms with Crippen LogP contribution >= 0.6 is 0 Å². The molecule has 0 unspecified atom stereocenters. The average molecular weight is 383 g/mol. The Labute approximate surface area is 162 Å². The van der Waals surface area contributed by atoms with Crippen molar-refractivity contribution in [3.63, 3.8) is 0 Å². The molecule has 0 saturated heterocycles. The fourth-order valence-corrected chi connectivity index (χ4v) is 2.76. The van der Waals surface area contributed by atoms with E-state index in [0.29, 0.717) is 22.7 Å². The van der Waals surface area contributed by atoms with Crippen LogP contribution in [0, 0.1) is 11.6 Å².